The maximum absolute atomic E-state index is 5.99. The zero-order valence-electron chi connectivity index (χ0n) is 12.0. The molecule has 2 rings (SSSR count). The Kier molecular flexibility index (Phi) is 4.46. The third-order valence-electron chi connectivity index (χ3n) is 4.43. The first-order valence-electron chi connectivity index (χ1n) is 6.89. The number of hydrogen-bond acceptors (Lipinski definition) is 3. The summed E-state index contributed by atoms with van der Waals surface area (Å²) in [6, 6.07) is 2.62. The van der Waals surface area contributed by atoms with Gasteiger partial charge in [0.2, 0.25) is 0 Å². The first kappa shape index (κ1) is 14.0. The Morgan fingerprint density at radius 1 is 1.44 bits per heavy atom. The van der Waals surface area contributed by atoms with Gasteiger partial charge in [0.15, 0.2) is 0 Å². The molecule has 0 bridgehead atoms. The largest absolute Gasteiger partial charge is 0.376 e. The van der Waals surface area contributed by atoms with E-state index in [0.717, 1.165) is 18.8 Å². The van der Waals surface area contributed by atoms with Crippen LogP contribution >= 0.6 is 11.3 Å². The van der Waals surface area contributed by atoms with Crippen molar-refractivity contribution in [3.05, 3.63) is 21.9 Å². The van der Waals surface area contributed by atoms with Gasteiger partial charge in [-0.15, -0.1) is 11.3 Å². The molecular weight excluding hydrogens is 242 g/mol. The molecule has 2 nitrogen and oxygen atoms in total. The van der Waals surface area contributed by atoms with Crippen LogP contribution in [0.25, 0.3) is 0 Å². The van der Waals surface area contributed by atoms with Crippen molar-refractivity contribution in [1.82, 2.24) is 5.32 Å². The monoisotopic (exact) mass is 267 g/mol. The van der Waals surface area contributed by atoms with Crippen LogP contribution in [0.2, 0.25) is 0 Å². The van der Waals surface area contributed by atoms with Crippen molar-refractivity contribution in [2.75, 3.05) is 14.2 Å². The third-order valence-corrected chi connectivity index (χ3v) is 5.31. The van der Waals surface area contributed by atoms with Crippen LogP contribution < -0.4 is 5.32 Å². The summed E-state index contributed by atoms with van der Waals surface area (Å²) >= 11 is 1.83. The second-order valence-electron chi connectivity index (χ2n) is 5.66. The molecule has 102 valence electrons. The van der Waals surface area contributed by atoms with Crippen molar-refractivity contribution in [1.29, 1.82) is 0 Å². The summed E-state index contributed by atoms with van der Waals surface area (Å²) in [5.41, 5.74) is 1.37. The van der Waals surface area contributed by atoms with Gasteiger partial charge < -0.3 is 10.1 Å². The van der Waals surface area contributed by atoms with Crippen LogP contribution in [-0.2, 0) is 4.74 Å². The molecule has 18 heavy (non-hydrogen) atoms. The molecule has 1 fully saturated rings. The van der Waals surface area contributed by atoms with Gasteiger partial charge >= 0.3 is 0 Å². The van der Waals surface area contributed by atoms with E-state index in [2.05, 4.69) is 37.7 Å². The average molecular weight is 267 g/mol. The highest BCUT2D eigenvalue weighted by molar-refractivity contribution is 7.10. The standard InChI is InChI=1S/C15H25NOS/c1-11-5-7-15(17-4,8-6-11)14(16-3)13-9-12(2)18-10-13/h9-11,14,16H,5-8H2,1-4H3. The number of aryl methyl sites for hydroxylation is 1. The Labute approximate surface area is 115 Å². The number of ether oxygens (including phenoxy) is 1. The molecule has 1 unspecified atom stereocenters. The SMILES string of the molecule is CNC(c1csc(C)c1)C1(OC)CCC(C)CC1. The van der Waals surface area contributed by atoms with E-state index in [1.54, 1.807) is 0 Å². The number of rotatable bonds is 4. The molecule has 0 aromatic carbocycles. The van der Waals surface area contributed by atoms with Crippen LogP contribution in [0.1, 0.15) is 49.1 Å². The fraction of sp³-hybridized carbons (Fsp3) is 0.733. The van der Waals surface area contributed by atoms with E-state index in [0.29, 0.717) is 6.04 Å². The minimum absolute atomic E-state index is 0.0191. The van der Waals surface area contributed by atoms with E-state index in [4.69, 9.17) is 4.74 Å². The second-order valence-corrected chi connectivity index (χ2v) is 6.78. The van der Waals surface area contributed by atoms with E-state index < -0.39 is 0 Å². The average Bonchev–Trinajstić information content (AvgIpc) is 2.79. The highest BCUT2D eigenvalue weighted by Crippen LogP contribution is 2.43. The molecule has 1 N–H and O–H groups in total. The van der Waals surface area contributed by atoms with Gasteiger partial charge in [-0.2, -0.15) is 0 Å². The topological polar surface area (TPSA) is 21.3 Å². The van der Waals surface area contributed by atoms with Gasteiger partial charge in [-0.25, -0.2) is 0 Å². The normalized spacial score (nSPS) is 30.3. The zero-order chi connectivity index (χ0) is 13.2. The first-order chi connectivity index (χ1) is 8.61. The molecule has 0 saturated heterocycles. The fourth-order valence-electron chi connectivity index (χ4n) is 3.21. The van der Waals surface area contributed by atoms with Crippen molar-refractivity contribution in [2.24, 2.45) is 5.92 Å². The lowest BCUT2D eigenvalue weighted by Crippen LogP contribution is -2.46. The molecule has 1 aliphatic carbocycles. The van der Waals surface area contributed by atoms with Crippen LogP contribution in [0.4, 0.5) is 0 Å². The predicted molar refractivity (Wildman–Crippen MR) is 78.2 cm³/mol. The molecule has 1 atom stereocenters. The molecule has 0 spiro atoms. The molecule has 0 radical (unpaired) electrons. The van der Waals surface area contributed by atoms with E-state index >= 15 is 0 Å². The molecular formula is C15H25NOS. The Morgan fingerprint density at radius 2 is 2.11 bits per heavy atom. The maximum Gasteiger partial charge on any atom is 0.0872 e. The van der Waals surface area contributed by atoms with Gasteiger partial charge in [-0.3, -0.25) is 0 Å². The van der Waals surface area contributed by atoms with Crippen LogP contribution in [0, 0.1) is 12.8 Å². The summed E-state index contributed by atoms with van der Waals surface area (Å²) in [6.07, 6.45) is 4.86. The molecule has 0 aliphatic heterocycles. The smallest absolute Gasteiger partial charge is 0.0872 e. The minimum atomic E-state index is -0.0191. The lowest BCUT2D eigenvalue weighted by molar-refractivity contribution is -0.0744. The summed E-state index contributed by atoms with van der Waals surface area (Å²) in [5, 5.41) is 5.76. The van der Waals surface area contributed by atoms with Gasteiger partial charge in [0, 0.05) is 12.0 Å². The van der Waals surface area contributed by atoms with E-state index in [1.807, 2.05) is 18.4 Å². The van der Waals surface area contributed by atoms with Crippen LogP contribution in [0.15, 0.2) is 11.4 Å². The van der Waals surface area contributed by atoms with Gasteiger partial charge in [0.25, 0.3) is 0 Å². The van der Waals surface area contributed by atoms with Crippen LogP contribution in [0.3, 0.4) is 0 Å². The number of thiophene rings is 1. The molecule has 0 amide bonds. The second kappa shape index (κ2) is 5.72. The Morgan fingerprint density at radius 3 is 2.56 bits per heavy atom. The summed E-state index contributed by atoms with van der Waals surface area (Å²) in [6.45, 7) is 4.52. The van der Waals surface area contributed by atoms with Crippen molar-refractivity contribution in [2.45, 2.75) is 51.2 Å². The lowest BCUT2D eigenvalue weighted by Gasteiger charge is -2.44. The molecule has 1 saturated carbocycles. The van der Waals surface area contributed by atoms with Crippen molar-refractivity contribution >= 4 is 11.3 Å². The summed E-state index contributed by atoms with van der Waals surface area (Å²) in [5.74, 6) is 0.843. The first-order valence-corrected chi connectivity index (χ1v) is 7.76. The van der Waals surface area contributed by atoms with Crippen molar-refractivity contribution in [3.63, 3.8) is 0 Å². The molecule has 1 heterocycles. The van der Waals surface area contributed by atoms with Crippen LogP contribution in [0.5, 0.6) is 0 Å². The Bertz CT molecular complexity index is 380. The van der Waals surface area contributed by atoms with Crippen molar-refractivity contribution in [3.8, 4) is 0 Å². The van der Waals surface area contributed by atoms with E-state index in [1.165, 1.54) is 23.3 Å². The summed E-state index contributed by atoms with van der Waals surface area (Å²) in [7, 11) is 3.93. The summed E-state index contributed by atoms with van der Waals surface area (Å²) in [4.78, 5) is 1.38. The maximum atomic E-state index is 5.99. The molecule has 3 heteroatoms. The molecule has 1 aliphatic rings. The van der Waals surface area contributed by atoms with Gasteiger partial charge in [-0.05, 0) is 62.6 Å². The third kappa shape index (κ3) is 2.63. The molecule has 1 aromatic heterocycles. The van der Waals surface area contributed by atoms with Gasteiger partial charge in [-0.1, -0.05) is 6.92 Å². The number of methoxy groups -OCH3 is 1. The van der Waals surface area contributed by atoms with E-state index in [-0.39, 0.29) is 5.60 Å². The number of hydrogen-bond donors (Lipinski definition) is 1. The fourth-order valence-corrected chi connectivity index (χ4v) is 3.94. The lowest BCUT2D eigenvalue weighted by atomic mass is 9.74. The highest BCUT2D eigenvalue weighted by atomic mass is 32.1. The van der Waals surface area contributed by atoms with E-state index in [9.17, 15) is 0 Å². The number of likely N-dealkylation sites (N-methyl/N-ethyl adjacent to an activating group) is 1. The quantitative estimate of drug-likeness (QED) is 0.893. The molecule has 1 aromatic rings. The van der Waals surface area contributed by atoms with Gasteiger partial charge in [0.05, 0.1) is 11.6 Å². The Balaban J connectivity index is 2.23. The van der Waals surface area contributed by atoms with Crippen LogP contribution in [-0.4, -0.2) is 19.8 Å². The minimum Gasteiger partial charge on any atom is -0.376 e. The Hall–Kier alpha value is -0.380. The van der Waals surface area contributed by atoms with Gasteiger partial charge in [0.1, 0.15) is 0 Å². The van der Waals surface area contributed by atoms with Crippen molar-refractivity contribution < 1.29 is 4.74 Å². The number of nitrogens with one attached hydrogen (secondary N) is 1. The predicted octanol–water partition coefficient (Wildman–Crippen LogP) is 3.91. The summed E-state index contributed by atoms with van der Waals surface area (Å²) < 4.78 is 5.99. The zero-order valence-corrected chi connectivity index (χ0v) is 12.8. The highest BCUT2D eigenvalue weighted by Gasteiger charge is 2.41.